The normalized spacial score (nSPS) is 15.2. The van der Waals surface area contributed by atoms with Crippen molar-refractivity contribution >= 4 is 47.8 Å². The molecule has 0 radical (unpaired) electrons. The van der Waals surface area contributed by atoms with Gasteiger partial charge in [-0.1, -0.05) is 0 Å². The van der Waals surface area contributed by atoms with Gasteiger partial charge in [-0.15, -0.1) is 0 Å². The maximum Gasteiger partial charge on any atom is 0.0546 e. The summed E-state index contributed by atoms with van der Waals surface area (Å²) in [5, 5.41) is 7.57. The zero-order valence-electron chi connectivity index (χ0n) is 6.64. The van der Waals surface area contributed by atoms with Crippen LogP contribution < -0.4 is 0 Å². The van der Waals surface area contributed by atoms with Crippen molar-refractivity contribution in [3.63, 3.8) is 0 Å². The molecule has 1 aromatic heterocycles. The molecule has 0 spiro atoms. The van der Waals surface area contributed by atoms with Gasteiger partial charge >= 0.3 is 0 Å². The van der Waals surface area contributed by atoms with E-state index in [0.717, 1.165) is 19.3 Å². The molecular formula is C9H6BrIN2. The van der Waals surface area contributed by atoms with Crippen LogP contribution in [0, 0.1) is 5.41 Å². The zero-order chi connectivity index (χ0) is 9.42. The van der Waals surface area contributed by atoms with Gasteiger partial charge in [0.2, 0.25) is 0 Å². The van der Waals surface area contributed by atoms with Crippen LogP contribution >= 0.6 is 38.5 Å². The van der Waals surface area contributed by atoms with Crippen LogP contribution in [0.2, 0.25) is 0 Å². The highest BCUT2D eigenvalue weighted by Gasteiger charge is 2.14. The van der Waals surface area contributed by atoms with Crippen LogP contribution in [-0.4, -0.2) is 10.7 Å². The lowest BCUT2D eigenvalue weighted by molar-refractivity contribution is 1.11. The molecule has 2 nitrogen and oxygen atoms in total. The number of fused-ring (bicyclic) bond motifs is 1. The molecule has 0 fully saturated rings. The Morgan fingerprint density at radius 1 is 1.54 bits per heavy atom. The fraction of sp³-hybridized carbons (Fsp3) is 0.111. The second-order valence-electron chi connectivity index (χ2n) is 2.84. The Labute approximate surface area is 98.2 Å². The molecule has 66 valence electrons. The number of aromatic nitrogens is 1. The number of allylic oxidation sites excluding steroid dienone is 1. The second kappa shape index (κ2) is 3.49. The molecule has 4 heteroatoms. The van der Waals surface area contributed by atoms with Crippen molar-refractivity contribution in [1.29, 1.82) is 5.41 Å². The van der Waals surface area contributed by atoms with Gasteiger partial charge < -0.3 is 5.41 Å². The summed E-state index contributed by atoms with van der Waals surface area (Å²) in [5.74, 6) is 0. The van der Waals surface area contributed by atoms with Crippen LogP contribution in [0.15, 0.2) is 22.8 Å². The van der Waals surface area contributed by atoms with Gasteiger partial charge in [-0.3, -0.25) is 4.98 Å². The Morgan fingerprint density at radius 2 is 2.31 bits per heavy atom. The first-order chi connectivity index (χ1) is 6.16. The summed E-state index contributed by atoms with van der Waals surface area (Å²) in [6, 6.07) is 2.05. The first-order valence-corrected chi connectivity index (χ1v) is 5.63. The third-order valence-corrected chi connectivity index (χ3v) is 3.18. The van der Waals surface area contributed by atoms with Crippen molar-refractivity contribution in [2.75, 3.05) is 0 Å². The van der Waals surface area contributed by atoms with E-state index in [2.05, 4.69) is 43.5 Å². The molecule has 0 bridgehead atoms. The monoisotopic (exact) mass is 348 g/mol. The van der Waals surface area contributed by atoms with E-state index >= 15 is 0 Å². The molecule has 0 aromatic carbocycles. The lowest BCUT2D eigenvalue weighted by atomic mass is 10.0. The van der Waals surface area contributed by atoms with Gasteiger partial charge in [0.25, 0.3) is 0 Å². The van der Waals surface area contributed by atoms with Crippen LogP contribution in [0.4, 0.5) is 0 Å². The highest BCUT2D eigenvalue weighted by Crippen LogP contribution is 2.30. The molecule has 0 unspecified atom stereocenters. The third-order valence-electron chi connectivity index (χ3n) is 1.85. The van der Waals surface area contributed by atoms with E-state index in [-0.39, 0.29) is 0 Å². The number of nitrogens with one attached hydrogen (secondary N) is 1. The SMILES string of the molecule is N=C1C=C(I)c2cc(Br)cnc2C1. The van der Waals surface area contributed by atoms with E-state index in [0.29, 0.717) is 12.1 Å². The van der Waals surface area contributed by atoms with E-state index in [1.54, 1.807) is 6.20 Å². The van der Waals surface area contributed by atoms with Crippen molar-refractivity contribution < 1.29 is 0 Å². The zero-order valence-corrected chi connectivity index (χ0v) is 10.4. The predicted octanol–water partition coefficient (Wildman–Crippen LogP) is 3.20. The van der Waals surface area contributed by atoms with Gasteiger partial charge in [0.1, 0.15) is 0 Å². The predicted molar refractivity (Wildman–Crippen MR) is 65.4 cm³/mol. The molecule has 13 heavy (non-hydrogen) atoms. The van der Waals surface area contributed by atoms with E-state index in [9.17, 15) is 0 Å². The standard InChI is InChI=1S/C9H6BrIN2/c10-5-1-7-8(11)2-6(12)3-9(7)13-4-5/h1-2,4,12H,3H2. The third kappa shape index (κ3) is 1.83. The summed E-state index contributed by atoms with van der Waals surface area (Å²) in [6.07, 6.45) is 4.31. The van der Waals surface area contributed by atoms with Gasteiger partial charge in [0.15, 0.2) is 0 Å². The second-order valence-corrected chi connectivity index (χ2v) is 4.92. The molecule has 2 rings (SSSR count). The van der Waals surface area contributed by atoms with E-state index in [4.69, 9.17) is 5.41 Å². The van der Waals surface area contributed by atoms with Crippen molar-refractivity contribution in [1.82, 2.24) is 4.98 Å². The summed E-state index contributed by atoms with van der Waals surface area (Å²) >= 11 is 5.63. The number of hydrogen-bond acceptors (Lipinski definition) is 2. The molecule has 1 aliphatic rings. The number of halogens is 2. The molecule has 0 amide bonds. The molecule has 0 atom stereocenters. The molecular weight excluding hydrogens is 343 g/mol. The Hall–Kier alpha value is -0.230. The average molecular weight is 349 g/mol. The highest BCUT2D eigenvalue weighted by atomic mass is 127. The van der Waals surface area contributed by atoms with E-state index < -0.39 is 0 Å². The number of hydrogen-bond donors (Lipinski definition) is 1. The van der Waals surface area contributed by atoms with Gasteiger partial charge in [-0.25, -0.2) is 0 Å². The smallest absolute Gasteiger partial charge is 0.0546 e. The molecule has 1 heterocycles. The number of pyridine rings is 1. The lowest BCUT2D eigenvalue weighted by Crippen LogP contribution is -2.08. The minimum atomic E-state index is 0.631. The Kier molecular flexibility index (Phi) is 2.51. The van der Waals surface area contributed by atoms with Gasteiger partial charge in [-0.05, 0) is 50.7 Å². The van der Waals surface area contributed by atoms with Crippen molar-refractivity contribution in [3.05, 3.63) is 34.1 Å². The van der Waals surface area contributed by atoms with E-state index in [1.165, 1.54) is 0 Å². The first-order valence-electron chi connectivity index (χ1n) is 3.76. The summed E-state index contributed by atoms with van der Waals surface area (Å²) in [7, 11) is 0. The van der Waals surface area contributed by atoms with Crippen LogP contribution in [0.3, 0.4) is 0 Å². The minimum absolute atomic E-state index is 0.631. The summed E-state index contributed by atoms with van der Waals surface area (Å²) in [5.41, 5.74) is 2.78. The largest absolute Gasteiger partial charge is 0.305 e. The van der Waals surface area contributed by atoms with Crippen LogP contribution in [0.1, 0.15) is 11.3 Å². The van der Waals surface area contributed by atoms with Crippen molar-refractivity contribution in [3.8, 4) is 0 Å². The topological polar surface area (TPSA) is 36.7 Å². The van der Waals surface area contributed by atoms with Crippen LogP contribution in [-0.2, 0) is 6.42 Å². The van der Waals surface area contributed by atoms with Crippen molar-refractivity contribution in [2.45, 2.75) is 6.42 Å². The van der Waals surface area contributed by atoms with Gasteiger partial charge in [0, 0.05) is 31.9 Å². The van der Waals surface area contributed by atoms with E-state index in [1.807, 2.05) is 12.1 Å². The van der Waals surface area contributed by atoms with Crippen LogP contribution in [0.5, 0.6) is 0 Å². The summed E-state index contributed by atoms with van der Waals surface area (Å²) < 4.78 is 2.08. The minimum Gasteiger partial charge on any atom is -0.305 e. The van der Waals surface area contributed by atoms with Crippen LogP contribution in [0.25, 0.3) is 3.58 Å². The fourth-order valence-corrected chi connectivity index (χ4v) is 2.45. The Balaban J connectivity index is 2.60. The molecule has 1 aliphatic carbocycles. The molecule has 0 aliphatic heterocycles. The van der Waals surface area contributed by atoms with Gasteiger partial charge in [0.05, 0.1) is 5.69 Å². The summed E-state index contributed by atoms with van der Waals surface area (Å²) in [6.45, 7) is 0. The first kappa shape index (κ1) is 9.33. The number of nitrogens with zero attached hydrogens (tertiary/aromatic N) is 1. The Morgan fingerprint density at radius 3 is 3.08 bits per heavy atom. The maximum absolute atomic E-state index is 7.57. The highest BCUT2D eigenvalue weighted by molar-refractivity contribution is 14.1. The molecule has 1 aromatic rings. The number of rotatable bonds is 0. The van der Waals surface area contributed by atoms with Gasteiger partial charge in [-0.2, -0.15) is 0 Å². The Bertz CT molecular complexity index is 412. The average Bonchev–Trinajstić information content (AvgIpc) is 2.06. The molecule has 0 saturated heterocycles. The molecule has 0 saturated carbocycles. The van der Waals surface area contributed by atoms with Crippen molar-refractivity contribution in [2.24, 2.45) is 0 Å². The lowest BCUT2D eigenvalue weighted by Gasteiger charge is -2.13. The fourth-order valence-electron chi connectivity index (χ4n) is 1.28. The quantitative estimate of drug-likeness (QED) is 0.718. The summed E-state index contributed by atoms with van der Waals surface area (Å²) in [4.78, 5) is 4.29. The maximum atomic E-state index is 7.57. The molecule has 1 N–H and O–H groups in total.